The molecule has 0 aromatic heterocycles. The maximum absolute atomic E-state index is 12.2. The molecular formula is C24H32N2O4. The van der Waals surface area contributed by atoms with Crippen molar-refractivity contribution in [2.24, 2.45) is 5.73 Å². The van der Waals surface area contributed by atoms with Crippen molar-refractivity contribution in [1.29, 1.82) is 0 Å². The van der Waals surface area contributed by atoms with Crippen molar-refractivity contribution in [3.05, 3.63) is 60.2 Å². The number of nitrogens with two attached hydrogens (primary N) is 1. The van der Waals surface area contributed by atoms with Gasteiger partial charge in [0.2, 0.25) is 0 Å². The zero-order chi connectivity index (χ0) is 21.4. The molecule has 6 nitrogen and oxygen atoms in total. The summed E-state index contributed by atoms with van der Waals surface area (Å²) in [5, 5.41) is 12.1. The molecule has 3 rings (SSSR count). The third kappa shape index (κ3) is 5.12. The predicted molar refractivity (Wildman–Crippen MR) is 117 cm³/mol. The van der Waals surface area contributed by atoms with E-state index in [1.54, 1.807) is 12.0 Å². The van der Waals surface area contributed by atoms with E-state index in [0.29, 0.717) is 43.1 Å². The summed E-state index contributed by atoms with van der Waals surface area (Å²) in [6.07, 6.45) is 4.60. The molecule has 2 aromatic rings. The van der Waals surface area contributed by atoms with Crippen LogP contribution in [0.2, 0.25) is 0 Å². The van der Waals surface area contributed by atoms with Gasteiger partial charge in [0.1, 0.15) is 17.1 Å². The fraction of sp³-hybridized carbons (Fsp3) is 0.458. The molecule has 1 aliphatic rings. The second kappa shape index (κ2) is 10.5. The number of para-hydroxylation sites is 2. The number of nitrogens with zero attached hydrogens (tertiary/aromatic N) is 1. The first kappa shape index (κ1) is 22.1. The summed E-state index contributed by atoms with van der Waals surface area (Å²) >= 11 is 0. The van der Waals surface area contributed by atoms with Crippen molar-refractivity contribution >= 4 is 6.03 Å². The number of unbranched alkanes of at least 4 members (excludes halogenated alkanes) is 1. The number of aliphatic hydroxyl groups is 1. The Bertz CT molecular complexity index is 814. The van der Waals surface area contributed by atoms with Gasteiger partial charge in [-0.15, -0.1) is 0 Å². The molecule has 3 N–H and O–H groups in total. The Morgan fingerprint density at radius 3 is 2.60 bits per heavy atom. The molecule has 1 fully saturated rings. The smallest absolute Gasteiger partial charge is 0.315 e. The number of methoxy groups -OCH3 is 1. The van der Waals surface area contributed by atoms with Crippen molar-refractivity contribution in [3.8, 4) is 11.5 Å². The van der Waals surface area contributed by atoms with Crippen LogP contribution in [0.25, 0.3) is 0 Å². The quantitative estimate of drug-likeness (QED) is 0.597. The number of piperidine rings is 1. The van der Waals surface area contributed by atoms with Crippen LogP contribution in [0.4, 0.5) is 4.79 Å². The number of primary amides is 1. The lowest BCUT2D eigenvalue weighted by Crippen LogP contribution is -2.56. The highest BCUT2D eigenvalue weighted by molar-refractivity contribution is 5.72. The van der Waals surface area contributed by atoms with Gasteiger partial charge in [0.15, 0.2) is 0 Å². The first-order valence-corrected chi connectivity index (χ1v) is 10.7. The lowest BCUT2D eigenvalue weighted by molar-refractivity contribution is -0.0614. The van der Waals surface area contributed by atoms with E-state index in [1.807, 2.05) is 54.6 Å². The van der Waals surface area contributed by atoms with E-state index in [4.69, 9.17) is 15.2 Å². The van der Waals surface area contributed by atoms with E-state index in [9.17, 15) is 9.90 Å². The zero-order valence-electron chi connectivity index (χ0n) is 17.6. The SMILES string of the molecule is COCCCC[C@](O)(c1ccccc1Oc1ccccc1)C1CCCCN1C(N)=O. The van der Waals surface area contributed by atoms with E-state index >= 15 is 0 Å². The average molecular weight is 413 g/mol. The lowest BCUT2D eigenvalue weighted by Gasteiger charge is -2.45. The van der Waals surface area contributed by atoms with Crippen LogP contribution < -0.4 is 10.5 Å². The molecule has 1 saturated heterocycles. The number of likely N-dealkylation sites (tertiary alicyclic amines) is 1. The van der Waals surface area contributed by atoms with E-state index in [-0.39, 0.29) is 0 Å². The highest BCUT2D eigenvalue weighted by Crippen LogP contribution is 2.43. The van der Waals surface area contributed by atoms with Crippen molar-refractivity contribution in [1.82, 2.24) is 4.90 Å². The van der Waals surface area contributed by atoms with Crippen LogP contribution in [0.3, 0.4) is 0 Å². The molecule has 0 bridgehead atoms. The molecule has 1 unspecified atom stereocenters. The molecule has 2 aromatic carbocycles. The molecule has 0 radical (unpaired) electrons. The fourth-order valence-electron chi connectivity index (χ4n) is 4.34. The number of amides is 2. The van der Waals surface area contributed by atoms with Gasteiger partial charge in [-0.2, -0.15) is 0 Å². The average Bonchev–Trinajstić information content (AvgIpc) is 2.77. The minimum Gasteiger partial charge on any atom is -0.457 e. The Balaban J connectivity index is 1.98. The third-order valence-electron chi connectivity index (χ3n) is 5.82. The van der Waals surface area contributed by atoms with Gasteiger partial charge in [0.25, 0.3) is 0 Å². The normalized spacial score (nSPS) is 18.6. The molecule has 6 heteroatoms. The van der Waals surface area contributed by atoms with E-state index < -0.39 is 17.7 Å². The first-order chi connectivity index (χ1) is 14.6. The van der Waals surface area contributed by atoms with Crippen LogP contribution >= 0.6 is 0 Å². The number of hydrogen-bond acceptors (Lipinski definition) is 4. The summed E-state index contributed by atoms with van der Waals surface area (Å²) in [6, 6.07) is 16.2. The van der Waals surface area contributed by atoms with E-state index in [2.05, 4.69) is 0 Å². The molecule has 1 aliphatic heterocycles. The summed E-state index contributed by atoms with van der Waals surface area (Å²) in [6.45, 7) is 1.19. The van der Waals surface area contributed by atoms with Gasteiger partial charge in [-0.1, -0.05) is 36.4 Å². The standard InChI is InChI=1S/C24H32N2O4/c1-29-18-10-8-16-24(28,22-15-7-9-17-26(22)23(25)27)20-13-5-6-14-21(20)30-19-11-3-2-4-12-19/h2-6,11-14,22,28H,7-10,15-18H2,1H3,(H2,25,27)/t22?,24-/m0/s1. The van der Waals surface area contributed by atoms with Crippen molar-refractivity contribution < 1.29 is 19.4 Å². The second-order valence-corrected chi connectivity index (χ2v) is 7.83. The lowest BCUT2D eigenvalue weighted by atomic mass is 9.77. The number of hydrogen-bond donors (Lipinski definition) is 2. The van der Waals surface area contributed by atoms with Gasteiger partial charge in [-0.3, -0.25) is 0 Å². The maximum atomic E-state index is 12.2. The zero-order valence-corrected chi connectivity index (χ0v) is 17.6. The molecular weight excluding hydrogens is 380 g/mol. The van der Waals surface area contributed by atoms with Crippen LogP contribution in [-0.2, 0) is 10.3 Å². The highest BCUT2D eigenvalue weighted by Gasteiger charge is 2.45. The maximum Gasteiger partial charge on any atom is 0.315 e. The van der Waals surface area contributed by atoms with Gasteiger partial charge in [-0.05, 0) is 56.7 Å². The van der Waals surface area contributed by atoms with Crippen LogP contribution in [-0.4, -0.2) is 42.3 Å². The number of ether oxygens (including phenoxy) is 2. The molecule has 0 spiro atoms. The summed E-state index contributed by atoms with van der Waals surface area (Å²) < 4.78 is 11.3. The Morgan fingerprint density at radius 2 is 1.87 bits per heavy atom. The Labute approximate surface area is 178 Å². The van der Waals surface area contributed by atoms with Crippen LogP contribution in [0, 0.1) is 0 Å². The minimum atomic E-state index is -1.27. The summed E-state index contributed by atoms with van der Waals surface area (Å²) in [7, 11) is 1.67. The second-order valence-electron chi connectivity index (χ2n) is 7.83. The Morgan fingerprint density at radius 1 is 1.13 bits per heavy atom. The Hall–Kier alpha value is -2.57. The molecule has 2 atom stereocenters. The largest absolute Gasteiger partial charge is 0.457 e. The number of carbonyl (C=O) groups excluding carboxylic acids is 1. The van der Waals surface area contributed by atoms with Crippen molar-refractivity contribution in [2.75, 3.05) is 20.3 Å². The third-order valence-corrected chi connectivity index (χ3v) is 5.82. The van der Waals surface area contributed by atoms with Crippen molar-refractivity contribution in [2.45, 2.75) is 50.2 Å². The summed E-state index contributed by atoms with van der Waals surface area (Å²) in [5.74, 6) is 1.29. The minimum absolute atomic E-state index is 0.396. The van der Waals surface area contributed by atoms with Gasteiger partial charge in [0.05, 0.1) is 6.04 Å². The fourth-order valence-corrected chi connectivity index (χ4v) is 4.34. The van der Waals surface area contributed by atoms with Gasteiger partial charge >= 0.3 is 6.03 Å². The molecule has 0 saturated carbocycles. The first-order valence-electron chi connectivity index (χ1n) is 10.7. The number of rotatable bonds is 9. The van der Waals surface area contributed by atoms with Crippen LogP contribution in [0.15, 0.2) is 54.6 Å². The number of urea groups is 1. The topological polar surface area (TPSA) is 85.0 Å². The highest BCUT2D eigenvalue weighted by atomic mass is 16.5. The molecule has 2 amide bonds. The van der Waals surface area contributed by atoms with E-state index in [1.165, 1.54) is 0 Å². The van der Waals surface area contributed by atoms with Gasteiger partial charge in [-0.25, -0.2) is 4.79 Å². The van der Waals surface area contributed by atoms with Gasteiger partial charge < -0.3 is 25.2 Å². The van der Waals surface area contributed by atoms with Crippen LogP contribution in [0.5, 0.6) is 11.5 Å². The van der Waals surface area contributed by atoms with Gasteiger partial charge in [0, 0.05) is 25.8 Å². The Kier molecular flexibility index (Phi) is 7.71. The summed E-state index contributed by atoms with van der Waals surface area (Å²) in [5.41, 5.74) is 5.11. The molecule has 162 valence electrons. The predicted octanol–water partition coefficient (Wildman–Crippen LogP) is 4.42. The molecule has 0 aliphatic carbocycles. The number of benzene rings is 2. The van der Waals surface area contributed by atoms with Crippen molar-refractivity contribution in [3.63, 3.8) is 0 Å². The van der Waals surface area contributed by atoms with E-state index in [0.717, 1.165) is 25.7 Å². The molecule has 1 heterocycles. The van der Waals surface area contributed by atoms with Crippen LogP contribution in [0.1, 0.15) is 44.1 Å². The monoisotopic (exact) mass is 412 g/mol. The summed E-state index contributed by atoms with van der Waals surface area (Å²) in [4.78, 5) is 13.8. The number of carbonyl (C=O) groups is 1. The molecule has 30 heavy (non-hydrogen) atoms.